The maximum Gasteiger partial charge on any atom is 0.0746 e. The number of nitrogens with zero attached hydrogens (tertiary/aromatic N) is 2. The third-order valence-electron chi connectivity index (χ3n) is 3.25. The second kappa shape index (κ2) is 3.47. The van der Waals surface area contributed by atoms with Crippen LogP contribution in [0, 0.1) is 0 Å². The number of fused-ring (bicyclic) bond motifs is 2. The first-order chi connectivity index (χ1) is 8.92. The molecule has 0 aliphatic heterocycles. The fourth-order valence-corrected chi connectivity index (χ4v) is 2.34. The van der Waals surface area contributed by atoms with Gasteiger partial charge in [-0.25, -0.2) is 4.98 Å². The van der Waals surface area contributed by atoms with Gasteiger partial charge in [-0.05, 0) is 24.3 Å². The molecule has 0 unspecified atom stereocenters. The molecule has 0 saturated heterocycles. The van der Waals surface area contributed by atoms with Crippen LogP contribution in [0.5, 0.6) is 0 Å². The zero-order valence-corrected chi connectivity index (χ0v) is 9.67. The summed E-state index contributed by atoms with van der Waals surface area (Å²) < 4.78 is 1.99. The van der Waals surface area contributed by atoms with Gasteiger partial charge in [0.05, 0.1) is 16.7 Å². The normalized spacial score (nSPS) is 11.3. The Labute approximate surface area is 104 Å². The number of hydrogen-bond donors (Lipinski definition) is 1. The molecule has 0 spiro atoms. The molecule has 3 heterocycles. The van der Waals surface area contributed by atoms with Crippen LogP contribution in [0.4, 0.5) is 0 Å². The van der Waals surface area contributed by atoms with E-state index in [-0.39, 0.29) is 0 Å². The number of H-pyrrole nitrogens is 1. The van der Waals surface area contributed by atoms with Crippen LogP contribution in [0.3, 0.4) is 0 Å². The van der Waals surface area contributed by atoms with E-state index in [4.69, 9.17) is 4.98 Å². The smallest absolute Gasteiger partial charge is 0.0746 e. The number of rotatable bonds is 1. The Hall–Kier alpha value is -2.55. The van der Waals surface area contributed by atoms with E-state index < -0.39 is 0 Å². The maximum atomic E-state index is 4.71. The monoisotopic (exact) mass is 233 g/mol. The lowest BCUT2D eigenvalue weighted by atomic mass is 10.1. The van der Waals surface area contributed by atoms with Gasteiger partial charge in [0.2, 0.25) is 0 Å². The van der Waals surface area contributed by atoms with E-state index in [9.17, 15) is 0 Å². The minimum atomic E-state index is 0.999. The third kappa shape index (κ3) is 1.27. The highest BCUT2D eigenvalue weighted by Crippen LogP contribution is 2.25. The highest BCUT2D eigenvalue weighted by Gasteiger charge is 2.07. The van der Waals surface area contributed by atoms with Crippen LogP contribution >= 0.6 is 0 Å². The van der Waals surface area contributed by atoms with Crippen molar-refractivity contribution in [2.45, 2.75) is 0 Å². The number of pyridine rings is 1. The topological polar surface area (TPSA) is 33.1 Å². The summed E-state index contributed by atoms with van der Waals surface area (Å²) in [6.07, 6.45) is 3.99. The van der Waals surface area contributed by atoms with Crippen LogP contribution in [0.15, 0.2) is 60.9 Å². The summed E-state index contributed by atoms with van der Waals surface area (Å²) in [4.78, 5) is 4.71. The first kappa shape index (κ1) is 9.48. The van der Waals surface area contributed by atoms with Crippen molar-refractivity contribution in [1.29, 1.82) is 0 Å². The Morgan fingerprint density at radius 1 is 0.944 bits per heavy atom. The molecule has 4 rings (SSSR count). The van der Waals surface area contributed by atoms with Gasteiger partial charge in [-0.15, -0.1) is 0 Å². The average molecular weight is 233 g/mol. The molecular formula is C15H11N3. The van der Waals surface area contributed by atoms with Crippen molar-refractivity contribution >= 4 is 16.4 Å². The Morgan fingerprint density at radius 3 is 2.89 bits per heavy atom. The van der Waals surface area contributed by atoms with Gasteiger partial charge in [-0.1, -0.05) is 24.3 Å². The van der Waals surface area contributed by atoms with E-state index in [1.54, 1.807) is 0 Å². The lowest BCUT2D eigenvalue weighted by molar-refractivity contribution is 0.976. The lowest BCUT2D eigenvalue weighted by Crippen LogP contribution is -1.84. The molecule has 0 aliphatic rings. The molecule has 86 valence electrons. The summed E-state index contributed by atoms with van der Waals surface area (Å²) in [5.74, 6) is 0. The molecule has 0 fully saturated rings. The van der Waals surface area contributed by atoms with Crippen molar-refractivity contribution < 1.29 is 0 Å². The van der Waals surface area contributed by atoms with Gasteiger partial charge in [0.15, 0.2) is 0 Å². The Morgan fingerprint density at radius 2 is 1.89 bits per heavy atom. The number of para-hydroxylation sites is 1. The van der Waals surface area contributed by atoms with Crippen molar-refractivity contribution in [2.24, 2.45) is 0 Å². The van der Waals surface area contributed by atoms with E-state index in [0.717, 1.165) is 22.3 Å². The second-order valence-corrected chi connectivity index (χ2v) is 4.34. The number of aromatic amines is 1. The van der Waals surface area contributed by atoms with Crippen molar-refractivity contribution in [3.05, 3.63) is 60.9 Å². The predicted molar refractivity (Wildman–Crippen MR) is 72.5 cm³/mol. The van der Waals surface area contributed by atoms with Crippen LogP contribution in [0.1, 0.15) is 0 Å². The van der Waals surface area contributed by atoms with Gasteiger partial charge >= 0.3 is 0 Å². The predicted octanol–water partition coefficient (Wildman–Crippen LogP) is 3.48. The molecule has 18 heavy (non-hydrogen) atoms. The summed E-state index contributed by atoms with van der Waals surface area (Å²) in [6, 6.07) is 16.5. The lowest BCUT2D eigenvalue weighted by Gasteiger charge is -2.00. The van der Waals surface area contributed by atoms with Crippen molar-refractivity contribution in [3.8, 4) is 11.3 Å². The Kier molecular flexibility index (Phi) is 1.83. The number of aromatic nitrogens is 3. The van der Waals surface area contributed by atoms with Gasteiger partial charge < -0.3 is 5.10 Å². The molecule has 0 radical (unpaired) electrons. The second-order valence-electron chi connectivity index (χ2n) is 4.34. The molecule has 3 nitrogen and oxygen atoms in total. The minimum Gasteiger partial charge on any atom is -0.301 e. The van der Waals surface area contributed by atoms with E-state index in [2.05, 4.69) is 29.4 Å². The van der Waals surface area contributed by atoms with Gasteiger partial charge in [-0.2, -0.15) is 0 Å². The van der Waals surface area contributed by atoms with E-state index >= 15 is 0 Å². The van der Waals surface area contributed by atoms with Gasteiger partial charge in [0.1, 0.15) is 0 Å². The molecular weight excluding hydrogens is 222 g/mol. The van der Waals surface area contributed by atoms with Crippen molar-refractivity contribution in [1.82, 2.24) is 14.6 Å². The number of benzene rings is 1. The largest absolute Gasteiger partial charge is 0.301 e. The van der Waals surface area contributed by atoms with Crippen molar-refractivity contribution in [3.63, 3.8) is 0 Å². The standard InChI is InChI=1S/C15H11N3/c1-2-5-13-11(4-1)7-8-14(17-13)12-10-16-18-9-3-6-15(12)18/h1-10,16H. The molecule has 1 N–H and O–H groups in total. The van der Waals surface area contributed by atoms with Crippen LogP contribution in [0.25, 0.3) is 27.7 Å². The average Bonchev–Trinajstić information content (AvgIpc) is 3.00. The first-order valence-corrected chi connectivity index (χ1v) is 5.92. The highest BCUT2D eigenvalue weighted by molar-refractivity contribution is 5.85. The number of nitrogens with one attached hydrogen (secondary N) is 1. The van der Waals surface area contributed by atoms with Gasteiger partial charge in [0, 0.05) is 23.3 Å². The molecule has 3 heteroatoms. The highest BCUT2D eigenvalue weighted by atomic mass is 15.2. The van der Waals surface area contributed by atoms with Gasteiger partial charge in [0.25, 0.3) is 0 Å². The fraction of sp³-hybridized carbons (Fsp3) is 0. The first-order valence-electron chi connectivity index (χ1n) is 5.92. The zero-order valence-electron chi connectivity index (χ0n) is 9.67. The van der Waals surface area contributed by atoms with E-state index in [1.807, 2.05) is 41.2 Å². The Balaban J connectivity index is 1.99. The molecule has 0 saturated carbocycles. The summed E-state index contributed by atoms with van der Waals surface area (Å²) in [7, 11) is 0. The van der Waals surface area contributed by atoms with Crippen molar-refractivity contribution in [2.75, 3.05) is 0 Å². The minimum absolute atomic E-state index is 0.999. The molecule has 1 aromatic carbocycles. The summed E-state index contributed by atoms with van der Waals surface area (Å²) in [5, 5.41) is 4.36. The van der Waals surface area contributed by atoms with Crippen LogP contribution in [-0.4, -0.2) is 14.6 Å². The van der Waals surface area contributed by atoms with E-state index in [1.165, 1.54) is 5.39 Å². The van der Waals surface area contributed by atoms with Crippen LogP contribution in [0.2, 0.25) is 0 Å². The molecule has 0 atom stereocenters. The van der Waals surface area contributed by atoms with Gasteiger partial charge in [-0.3, -0.25) is 4.52 Å². The molecule has 4 aromatic rings. The zero-order chi connectivity index (χ0) is 11.9. The van der Waals surface area contributed by atoms with E-state index in [0.29, 0.717) is 0 Å². The SMILES string of the molecule is c1ccc2nc(-c3c[nH]n4cccc34)ccc2c1. The number of hydrogen-bond acceptors (Lipinski definition) is 1. The Bertz CT molecular complexity index is 839. The molecule has 0 bridgehead atoms. The third-order valence-corrected chi connectivity index (χ3v) is 3.25. The quantitative estimate of drug-likeness (QED) is 0.536. The van der Waals surface area contributed by atoms with Crippen LogP contribution in [-0.2, 0) is 0 Å². The summed E-state index contributed by atoms with van der Waals surface area (Å²) in [6.45, 7) is 0. The molecule has 0 amide bonds. The van der Waals surface area contributed by atoms with Crippen LogP contribution < -0.4 is 0 Å². The fourth-order valence-electron chi connectivity index (χ4n) is 2.34. The molecule has 0 aliphatic carbocycles. The maximum absolute atomic E-state index is 4.71. The summed E-state index contributed by atoms with van der Waals surface area (Å²) >= 11 is 0. The molecule has 3 aromatic heterocycles. The summed E-state index contributed by atoms with van der Waals surface area (Å²) in [5.41, 5.74) is 4.31.